The zero-order chi connectivity index (χ0) is 34.0. The van der Waals surface area contributed by atoms with Gasteiger partial charge in [0.2, 0.25) is 11.8 Å². The Morgan fingerprint density at radius 3 is 2.11 bits per heavy atom. The van der Waals surface area contributed by atoms with Gasteiger partial charge in [0.25, 0.3) is 0 Å². The van der Waals surface area contributed by atoms with Gasteiger partial charge in [0, 0.05) is 19.0 Å². The first-order chi connectivity index (χ1) is 21.6. The molecule has 0 aliphatic heterocycles. The Morgan fingerprint density at radius 1 is 0.870 bits per heavy atom. The van der Waals surface area contributed by atoms with Gasteiger partial charge < -0.3 is 30.5 Å². The Morgan fingerprint density at radius 2 is 1.52 bits per heavy atom. The summed E-state index contributed by atoms with van der Waals surface area (Å²) in [5.41, 5.74) is 1.90. The minimum atomic E-state index is -1.09. The van der Waals surface area contributed by atoms with Crippen LogP contribution in [0.4, 0.5) is 4.79 Å². The number of aryl methyl sites for hydroxylation is 1. The van der Waals surface area contributed by atoms with Crippen LogP contribution in [-0.2, 0) is 27.3 Å². The molecule has 0 saturated heterocycles. The Bertz CT molecular complexity index is 1450. The quantitative estimate of drug-likeness (QED) is 0.169. The van der Waals surface area contributed by atoms with E-state index in [2.05, 4.69) is 24.5 Å². The smallest absolute Gasteiger partial charge is 0.408 e. The number of carbonyl (C=O) groups excluding carboxylic acids is 3. The highest BCUT2D eigenvalue weighted by Crippen LogP contribution is 2.31. The number of benzene rings is 3. The number of hydrogen-bond acceptors (Lipinski definition) is 6. The van der Waals surface area contributed by atoms with Crippen LogP contribution in [0.1, 0.15) is 82.7 Å². The van der Waals surface area contributed by atoms with Crippen molar-refractivity contribution >= 4 is 17.9 Å². The summed E-state index contributed by atoms with van der Waals surface area (Å²) in [5.74, 6) is -0.336. The summed E-state index contributed by atoms with van der Waals surface area (Å²) >= 11 is 0. The number of aromatic hydroxyl groups is 2. The number of rotatable bonds is 13. The fraction of sp³-hybridized carbons (Fsp3) is 0.432. The van der Waals surface area contributed by atoms with E-state index in [1.807, 2.05) is 37.3 Å². The van der Waals surface area contributed by atoms with Crippen molar-refractivity contribution in [2.24, 2.45) is 5.92 Å². The van der Waals surface area contributed by atoms with Crippen molar-refractivity contribution in [2.75, 3.05) is 0 Å². The molecule has 248 valence electrons. The van der Waals surface area contributed by atoms with Gasteiger partial charge in [-0.25, -0.2) is 4.79 Å². The summed E-state index contributed by atoms with van der Waals surface area (Å²) in [5, 5.41) is 26.0. The van der Waals surface area contributed by atoms with E-state index >= 15 is 0 Å². The van der Waals surface area contributed by atoms with Crippen molar-refractivity contribution in [3.8, 4) is 11.5 Å². The normalized spacial score (nSPS) is 13.4. The van der Waals surface area contributed by atoms with E-state index in [0.717, 1.165) is 12.0 Å². The number of ether oxygens (including phenoxy) is 1. The second-order valence-corrected chi connectivity index (χ2v) is 13.3. The maximum Gasteiger partial charge on any atom is 0.408 e. The molecule has 0 bridgehead atoms. The molecule has 9 heteroatoms. The van der Waals surface area contributed by atoms with Crippen LogP contribution in [0.3, 0.4) is 0 Å². The molecule has 0 aliphatic carbocycles. The molecule has 3 aromatic carbocycles. The fourth-order valence-electron chi connectivity index (χ4n) is 5.18. The third-order valence-electron chi connectivity index (χ3n) is 7.63. The summed E-state index contributed by atoms with van der Waals surface area (Å²) in [4.78, 5) is 43.7. The number of alkyl carbamates (subject to hydrolysis) is 1. The zero-order valence-corrected chi connectivity index (χ0v) is 28.0. The first-order valence-corrected chi connectivity index (χ1v) is 15.9. The molecule has 3 amide bonds. The molecule has 4 N–H and O–H groups in total. The molecule has 0 spiro atoms. The second-order valence-electron chi connectivity index (χ2n) is 13.3. The van der Waals surface area contributed by atoms with Crippen LogP contribution >= 0.6 is 0 Å². The van der Waals surface area contributed by atoms with Gasteiger partial charge in [-0.1, -0.05) is 62.4 Å². The Kier molecular flexibility index (Phi) is 12.6. The highest BCUT2D eigenvalue weighted by molar-refractivity contribution is 5.92. The predicted molar refractivity (Wildman–Crippen MR) is 179 cm³/mol. The van der Waals surface area contributed by atoms with Gasteiger partial charge in [0.1, 0.15) is 29.2 Å². The maximum absolute atomic E-state index is 14.8. The Labute approximate surface area is 273 Å². The zero-order valence-electron chi connectivity index (χ0n) is 28.0. The number of hydrogen-bond donors (Lipinski definition) is 4. The molecule has 3 rings (SSSR count). The lowest BCUT2D eigenvalue weighted by molar-refractivity contribution is -0.145. The number of nitrogens with zero attached hydrogens (tertiary/aromatic N) is 1. The van der Waals surface area contributed by atoms with E-state index in [1.54, 1.807) is 56.9 Å². The minimum absolute atomic E-state index is 0.0773. The Balaban J connectivity index is 2.12. The lowest BCUT2D eigenvalue weighted by Crippen LogP contribution is -2.56. The van der Waals surface area contributed by atoms with E-state index in [9.17, 15) is 24.6 Å². The highest BCUT2D eigenvalue weighted by atomic mass is 16.6. The topological polar surface area (TPSA) is 128 Å². The van der Waals surface area contributed by atoms with E-state index < -0.39 is 35.7 Å². The van der Waals surface area contributed by atoms with Crippen LogP contribution < -0.4 is 10.6 Å². The van der Waals surface area contributed by atoms with Crippen LogP contribution in [-0.4, -0.2) is 50.7 Å². The molecule has 9 nitrogen and oxygen atoms in total. The number of carbonyl (C=O) groups is 3. The molecule has 0 heterocycles. The van der Waals surface area contributed by atoms with Gasteiger partial charge in [-0.05, 0) is 99.9 Å². The molecule has 3 aromatic rings. The summed E-state index contributed by atoms with van der Waals surface area (Å²) in [6.45, 7) is 13.3. The molecule has 0 aliphatic rings. The molecular weight excluding hydrogens is 582 g/mol. The summed E-state index contributed by atoms with van der Waals surface area (Å²) in [6.07, 6.45) is 0.755. The third-order valence-corrected chi connectivity index (χ3v) is 7.63. The summed E-state index contributed by atoms with van der Waals surface area (Å²) in [7, 11) is 0. The number of amides is 3. The van der Waals surface area contributed by atoms with Crippen LogP contribution in [0.15, 0.2) is 72.8 Å². The first-order valence-electron chi connectivity index (χ1n) is 15.9. The van der Waals surface area contributed by atoms with Crippen LogP contribution in [0.2, 0.25) is 0 Å². The standard InChI is InChI=1S/C37H49N3O6/c1-24(2)13-14-26(4)40(35(44)31(39-36(45)46-37(5,6)7)22-27-15-18-30(41)19-16-27)33(29-17-20-32(42)25(3)21-29)34(43)38-23-28-11-9-8-10-12-28/h8-12,15-21,24,26,31,33,41-42H,13-14,22-23H2,1-7H3,(H,38,43)(H,39,45). The average molecular weight is 632 g/mol. The van der Waals surface area contributed by atoms with E-state index in [1.165, 1.54) is 18.2 Å². The van der Waals surface area contributed by atoms with Crippen molar-refractivity contribution < 1.29 is 29.3 Å². The molecular formula is C37H49N3O6. The molecule has 0 radical (unpaired) electrons. The molecule has 3 unspecified atom stereocenters. The summed E-state index contributed by atoms with van der Waals surface area (Å²) < 4.78 is 5.54. The first kappa shape index (κ1) is 35.9. The molecule has 0 saturated carbocycles. The van der Waals surface area contributed by atoms with Crippen LogP contribution in [0.5, 0.6) is 11.5 Å². The van der Waals surface area contributed by atoms with Crippen molar-refractivity contribution in [1.29, 1.82) is 0 Å². The van der Waals surface area contributed by atoms with Crippen molar-refractivity contribution in [1.82, 2.24) is 15.5 Å². The third kappa shape index (κ3) is 10.8. The predicted octanol–water partition coefficient (Wildman–Crippen LogP) is 6.55. The number of phenols is 2. The van der Waals surface area contributed by atoms with E-state index in [4.69, 9.17) is 4.74 Å². The van der Waals surface area contributed by atoms with Crippen molar-refractivity contribution in [3.63, 3.8) is 0 Å². The summed E-state index contributed by atoms with van der Waals surface area (Å²) in [6, 6.07) is 18.2. The Hall–Kier alpha value is -4.53. The van der Waals surface area contributed by atoms with Gasteiger partial charge in [0.05, 0.1) is 0 Å². The minimum Gasteiger partial charge on any atom is -0.508 e. The van der Waals surface area contributed by atoms with Gasteiger partial charge >= 0.3 is 6.09 Å². The lowest BCUT2D eigenvalue weighted by atomic mass is 9.95. The van der Waals surface area contributed by atoms with E-state index in [-0.39, 0.29) is 30.4 Å². The van der Waals surface area contributed by atoms with Gasteiger partial charge in [-0.2, -0.15) is 0 Å². The fourth-order valence-corrected chi connectivity index (χ4v) is 5.18. The SMILES string of the molecule is Cc1cc(C(C(=O)NCc2ccccc2)N(C(=O)C(Cc2ccc(O)cc2)NC(=O)OC(C)(C)C)C(C)CCC(C)C)ccc1O. The maximum atomic E-state index is 14.8. The number of nitrogens with one attached hydrogen (secondary N) is 2. The second kappa shape index (κ2) is 16.2. The number of phenolic OH excluding ortho intramolecular Hbond substituents is 2. The van der Waals surface area contributed by atoms with Gasteiger partial charge in [0.15, 0.2) is 0 Å². The van der Waals surface area contributed by atoms with E-state index in [0.29, 0.717) is 29.0 Å². The van der Waals surface area contributed by atoms with Crippen molar-refractivity contribution in [2.45, 2.75) is 98.0 Å². The average Bonchev–Trinajstić information content (AvgIpc) is 2.99. The van der Waals surface area contributed by atoms with Gasteiger partial charge in [-0.15, -0.1) is 0 Å². The molecule has 0 aromatic heterocycles. The molecule has 3 atom stereocenters. The van der Waals surface area contributed by atoms with Gasteiger partial charge in [-0.3, -0.25) is 9.59 Å². The largest absolute Gasteiger partial charge is 0.508 e. The van der Waals surface area contributed by atoms with Crippen LogP contribution in [0, 0.1) is 12.8 Å². The molecule has 46 heavy (non-hydrogen) atoms. The highest BCUT2D eigenvalue weighted by Gasteiger charge is 2.39. The monoisotopic (exact) mass is 631 g/mol. The lowest BCUT2D eigenvalue weighted by Gasteiger charge is -2.39. The van der Waals surface area contributed by atoms with Crippen LogP contribution in [0.25, 0.3) is 0 Å². The molecule has 0 fully saturated rings. The van der Waals surface area contributed by atoms with Crippen molar-refractivity contribution in [3.05, 3.63) is 95.1 Å².